The van der Waals surface area contributed by atoms with Crippen LogP contribution in [0, 0.1) is 18.8 Å². The van der Waals surface area contributed by atoms with E-state index in [1.807, 2.05) is 25.1 Å². The Bertz CT molecular complexity index is 515. The maximum absolute atomic E-state index is 12.4. The van der Waals surface area contributed by atoms with Crippen LogP contribution in [0.1, 0.15) is 28.4 Å². The van der Waals surface area contributed by atoms with Crippen molar-refractivity contribution in [2.75, 3.05) is 20.2 Å². The smallest absolute Gasteiger partial charge is 0.255 e. The van der Waals surface area contributed by atoms with Crippen molar-refractivity contribution in [1.82, 2.24) is 4.90 Å². The lowest BCUT2D eigenvalue weighted by molar-refractivity contribution is 0.0682. The van der Waals surface area contributed by atoms with Gasteiger partial charge in [0.05, 0.1) is 24.8 Å². The SMILES string of the molecule is Cc1ccc(C#CCN)c(C(=O)N(C)C(C)CO)c1. The van der Waals surface area contributed by atoms with E-state index in [0.717, 1.165) is 5.56 Å². The van der Waals surface area contributed by atoms with Gasteiger partial charge in [0.25, 0.3) is 5.91 Å². The second-order valence-electron chi connectivity index (χ2n) is 4.50. The van der Waals surface area contributed by atoms with Crippen LogP contribution in [0.4, 0.5) is 0 Å². The molecule has 1 aromatic rings. The Balaban J connectivity index is 3.17. The molecule has 0 aliphatic carbocycles. The van der Waals surface area contributed by atoms with Crippen LogP contribution in [-0.2, 0) is 0 Å². The van der Waals surface area contributed by atoms with Crippen molar-refractivity contribution in [3.63, 3.8) is 0 Å². The highest BCUT2D eigenvalue weighted by Crippen LogP contribution is 2.14. The van der Waals surface area contributed by atoms with E-state index in [4.69, 9.17) is 10.8 Å². The minimum atomic E-state index is -0.233. The fraction of sp³-hybridized carbons (Fsp3) is 0.400. The van der Waals surface area contributed by atoms with Gasteiger partial charge in [0.2, 0.25) is 0 Å². The van der Waals surface area contributed by atoms with Gasteiger partial charge in [0, 0.05) is 12.6 Å². The number of aliphatic hydroxyl groups excluding tert-OH is 1. The molecule has 4 heteroatoms. The van der Waals surface area contributed by atoms with Crippen LogP contribution in [0.25, 0.3) is 0 Å². The topological polar surface area (TPSA) is 66.6 Å². The Kier molecular flexibility index (Phi) is 5.56. The van der Waals surface area contributed by atoms with Crippen LogP contribution < -0.4 is 5.73 Å². The number of amides is 1. The number of nitrogens with two attached hydrogens (primary N) is 1. The molecular weight excluding hydrogens is 240 g/mol. The maximum Gasteiger partial charge on any atom is 0.255 e. The zero-order valence-corrected chi connectivity index (χ0v) is 11.6. The van der Waals surface area contributed by atoms with Gasteiger partial charge < -0.3 is 15.7 Å². The van der Waals surface area contributed by atoms with E-state index in [0.29, 0.717) is 11.1 Å². The minimum absolute atomic E-state index is 0.0716. The highest BCUT2D eigenvalue weighted by Gasteiger charge is 2.19. The van der Waals surface area contributed by atoms with Crippen LogP contribution >= 0.6 is 0 Å². The van der Waals surface area contributed by atoms with Crippen molar-refractivity contribution in [2.24, 2.45) is 5.73 Å². The summed E-state index contributed by atoms with van der Waals surface area (Å²) in [7, 11) is 1.67. The van der Waals surface area contributed by atoms with E-state index in [1.165, 1.54) is 4.90 Å². The molecular formula is C15H20N2O2. The lowest BCUT2D eigenvalue weighted by atomic mass is 10.0. The molecule has 1 unspecified atom stereocenters. The third-order valence-electron chi connectivity index (χ3n) is 2.98. The summed E-state index contributed by atoms with van der Waals surface area (Å²) in [5.74, 6) is 5.52. The molecule has 1 rings (SSSR count). The fourth-order valence-corrected chi connectivity index (χ4v) is 1.60. The molecule has 102 valence electrons. The van der Waals surface area contributed by atoms with E-state index in [9.17, 15) is 4.79 Å². The minimum Gasteiger partial charge on any atom is -0.394 e. The summed E-state index contributed by atoms with van der Waals surface area (Å²) < 4.78 is 0. The number of hydrogen-bond donors (Lipinski definition) is 2. The molecule has 19 heavy (non-hydrogen) atoms. The molecule has 0 fully saturated rings. The van der Waals surface area contributed by atoms with Crippen molar-refractivity contribution in [3.8, 4) is 11.8 Å². The van der Waals surface area contributed by atoms with Crippen LogP contribution in [0.3, 0.4) is 0 Å². The standard InChI is InChI=1S/C15H20N2O2/c1-11-6-7-13(5-4-8-16)14(9-11)15(19)17(3)12(2)10-18/h6-7,9,12,18H,8,10,16H2,1-3H3. The molecule has 0 saturated heterocycles. The molecule has 0 saturated carbocycles. The van der Waals surface area contributed by atoms with Gasteiger partial charge in [-0.05, 0) is 26.0 Å². The zero-order chi connectivity index (χ0) is 14.4. The summed E-state index contributed by atoms with van der Waals surface area (Å²) in [6, 6.07) is 5.31. The van der Waals surface area contributed by atoms with Crippen LogP contribution in [-0.4, -0.2) is 42.2 Å². The van der Waals surface area contributed by atoms with Crippen LogP contribution in [0.5, 0.6) is 0 Å². The van der Waals surface area contributed by atoms with Gasteiger partial charge in [-0.2, -0.15) is 0 Å². The Morgan fingerprint density at radius 2 is 2.21 bits per heavy atom. The molecule has 3 N–H and O–H groups in total. The van der Waals surface area contributed by atoms with E-state index in [1.54, 1.807) is 14.0 Å². The number of hydrogen-bond acceptors (Lipinski definition) is 3. The lowest BCUT2D eigenvalue weighted by Gasteiger charge is -2.23. The fourth-order valence-electron chi connectivity index (χ4n) is 1.60. The number of nitrogens with zero attached hydrogens (tertiary/aromatic N) is 1. The third-order valence-corrected chi connectivity index (χ3v) is 2.98. The van der Waals surface area contributed by atoms with E-state index in [2.05, 4.69) is 11.8 Å². The predicted octanol–water partition coefficient (Wildman–Crippen LogP) is 0.758. The highest BCUT2D eigenvalue weighted by atomic mass is 16.3. The summed E-state index contributed by atoms with van der Waals surface area (Å²) >= 11 is 0. The van der Waals surface area contributed by atoms with E-state index in [-0.39, 0.29) is 25.1 Å². The number of rotatable bonds is 3. The van der Waals surface area contributed by atoms with Crippen molar-refractivity contribution in [2.45, 2.75) is 19.9 Å². The molecule has 0 radical (unpaired) electrons. The summed E-state index contributed by atoms with van der Waals surface area (Å²) in [5, 5.41) is 9.13. The van der Waals surface area contributed by atoms with Gasteiger partial charge in [0.1, 0.15) is 0 Å². The van der Waals surface area contributed by atoms with Crippen molar-refractivity contribution >= 4 is 5.91 Å². The van der Waals surface area contributed by atoms with E-state index < -0.39 is 0 Å². The quantitative estimate of drug-likeness (QED) is 0.788. The number of carbonyl (C=O) groups is 1. The highest BCUT2D eigenvalue weighted by molar-refractivity contribution is 5.97. The van der Waals surface area contributed by atoms with Crippen molar-refractivity contribution in [1.29, 1.82) is 0 Å². The molecule has 0 heterocycles. The summed E-state index contributed by atoms with van der Waals surface area (Å²) in [6.45, 7) is 3.90. The average Bonchev–Trinajstić information content (AvgIpc) is 2.43. The largest absolute Gasteiger partial charge is 0.394 e. The first-order valence-corrected chi connectivity index (χ1v) is 6.18. The normalized spacial score (nSPS) is 11.4. The Hall–Kier alpha value is -1.83. The van der Waals surface area contributed by atoms with Crippen LogP contribution in [0.2, 0.25) is 0 Å². The Morgan fingerprint density at radius 3 is 2.79 bits per heavy atom. The predicted molar refractivity (Wildman–Crippen MR) is 75.8 cm³/mol. The second-order valence-corrected chi connectivity index (χ2v) is 4.50. The molecule has 0 aliphatic rings. The number of benzene rings is 1. The van der Waals surface area contributed by atoms with Gasteiger partial charge in [-0.3, -0.25) is 4.79 Å². The second kappa shape index (κ2) is 6.93. The molecule has 0 aromatic heterocycles. The molecule has 0 spiro atoms. The Morgan fingerprint density at radius 1 is 1.53 bits per heavy atom. The lowest BCUT2D eigenvalue weighted by Crippen LogP contribution is -2.37. The number of aryl methyl sites for hydroxylation is 1. The van der Waals surface area contributed by atoms with Crippen LogP contribution in [0.15, 0.2) is 18.2 Å². The average molecular weight is 260 g/mol. The first-order valence-electron chi connectivity index (χ1n) is 6.18. The summed E-state index contributed by atoms with van der Waals surface area (Å²) in [4.78, 5) is 13.9. The number of likely N-dealkylation sites (N-methyl/N-ethyl adjacent to an activating group) is 1. The number of aliphatic hydroxyl groups is 1. The maximum atomic E-state index is 12.4. The van der Waals surface area contributed by atoms with Gasteiger partial charge in [0.15, 0.2) is 0 Å². The molecule has 1 aromatic carbocycles. The monoisotopic (exact) mass is 260 g/mol. The molecule has 0 bridgehead atoms. The molecule has 1 atom stereocenters. The summed E-state index contributed by atoms with van der Waals surface area (Å²) in [6.07, 6.45) is 0. The van der Waals surface area contributed by atoms with Crippen molar-refractivity contribution in [3.05, 3.63) is 34.9 Å². The van der Waals surface area contributed by atoms with Crippen molar-refractivity contribution < 1.29 is 9.90 Å². The molecule has 4 nitrogen and oxygen atoms in total. The van der Waals surface area contributed by atoms with Gasteiger partial charge in [-0.15, -0.1) is 0 Å². The van der Waals surface area contributed by atoms with Gasteiger partial charge in [-0.25, -0.2) is 0 Å². The van der Waals surface area contributed by atoms with Gasteiger partial charge >= 0.3 is 0 Å². The zero-order valence-electron chi connectivity index (χ0n) is 11.6. The molecule has 1 amide bonds. The third kappa shape index (κ3) is 3.82. The van der Waals surface area contributed by atoms with Gasteiger partial charge in [-0.1, -0.05) is 23.5 Å². The summed E-state index contributed by atoms with van der Waals surface area (Å²) in [5.41, 5.74) is 7.56. The Labute approximate surface area is 114 Å². The number of carbonyl (C=O) groups excluding carboxylic acids is 1. The molecule has 0 aliphatic heterocycles. The van der Waals surface area contributed by atoms with E-state index >= 15 is 0 Å². The first-order chi connectivity index (χ1) is 9.01. The first kappa shape index (κ1) is 15.2.